The number of carbonyl (C=O) groups is 1. The Kier molecular flexibility index (Phi) is 4.59. The van der Waals surface area contributed by atoms with Crippen molar-refractivity contribution in [3.63, 3.8) is 0 Å². The Balaban J connectivity index is 2.71. The van der Waals surface area contributed by atoms with E-state index in [0.29, 0.717) is 19.6 Å². The number of aliphatic hydroxyl groups excluding tert-OH is 1. The fourth-order valence-electron chi connectivity index (χ4n) is 1.73. The number of nitrogens with zero attached hydrogens (tertiary/aromatic N) is 3. The number of aliphatic hydroxyl groups is 1. The normalized spacial score (nSPS) is 23.8. The molecule has 0 aromatic rings. The lowest BCUT2D eigenvalue weighted by Crippen LogP contribution is -2.61. The number of rotatable bonds is 5. The van der Waals surface area contributed by atoms with Crippen molar-refractivity contribution >= 4 is 5.91 Å². The number of amides is 1. The summed E-state index contributed by atoms with van der Waals surface area (Å²) in [4.78, 5) is 21.4. The summed E-state index contributed by atoms with van der Waals surface area (Å²) in [6.45, 7) is 3.04. The van der Waals surface area contributed by atoms with E-state index < -0.39 is 12.0 Å². The molecule has 0 aromatic heterocycles. The van der Waals surface area contributed by atoms with Crippen LogP contribution in [0.4, 0.5) is 0 Å². The van der Waals surface area contributed by atoms with E-state index in [2.05, 4.69) is 10.6 Å². The van der Waals surface area contributed by atoms with E-state index in [9.17, 15) is 14.8 Å². The summed E-state index contributed by atoms with van der Waals surface area (Å²) in [5.41, 5.74) is 5.01. The lowest BCUT2D eigenvalue weighted by molar-refractivity contribution is -0.135. The topological polar surface area (TPSA) is 111 Å². The van der Waals surface area contributed by atoms with Crippen molar-refractivity contribution in [3.05, 3.63) is 4.91 Å². The molecule has 0 saturated carbocycles. The highest BCUT2D eigenvalue weighted by Gasteiger charge is 2.31. The van der Waals surface area contributed by atoms with E-state index in [0.717, 1.165) is 5.12 Å². The zero-order chi connectivity index (χ0) is 12.1. The molecule has 0 bridgehead atoms. The fourth-order valence-corrected chi connectivity index (χ4v) is 1.73. The van der Waals surface area contributed by atoms with Gasteiger partial charge in [-0.05, 0) is 6.92 Å². The van der Waals surface area contributed by atoms with Crippen LogP contribution in [0.3, 0.4) is 0 Å². The van der Waals surface area contributed by atoms with Gasteiger partial charge in [-0.3, -0.25) is 4.79 Å². The van der Waals surface area contributed by atoms with E-state index in [1.165, 1.54) is 0 Å². The number of nitrogens with one attached hydrogen (secondary N) is 1. The van der Waals surface area contributed by atoms with Gasteiger partial charge in [-0.2, -0.15) is 10.1 Å². The van der Waals surface area contributed by atoms with Gasteiger partial charge >= 0.3 is 0 Å². The van der Waals surface area contributed by atoms with E-state index >= 15 is 0 Å². The average Bonchev–Trinajstić information content (AvgIpc) is 2.25. The molecule has 92 valence electrons. The maximum Gasteiger partial charge on any atom is 0.240 e. The second kappa shape index (κ2) is 5.73. The molecule has 0 aliphatic carbocycles. The largest absolute Gasteiger partial charge is 0.392 e. The van der Waals surface area contributed by atoms with E-state index in [-0.39, 0.29) is 12.6 Å². The SMILES string of the molecule is CC(O)[C@H]1CNCCN1N(CC(N)=O)N=O. The zero-order valence-corrected chi connectivity index (χ0v) is 9.17. The minimum atomic E-state index is -0.637. The van der Waals surface area contributed by atoms with Gasteiger partial charge in [0, 0.05) is 19.6 Å². The number of piperazine rings is 1. The number of carbonyl (C=O) groups excluding carboxylic acids is 1. The average molecular weight is 231 g/mol. The quantitative estimate of drug-likeness (QED) is 0.373. The highest BCUT2D eigenvalue weighted by atomic mass is 16.3. The Bertz CT molecular complexity index is 260. The second-order valence-corrected chi connectivity index (χ2v) is 3.75. The van der Waals surface area contributed by atoms with Crippen molar-refractivity contribution in [1.82, 2.24) is 15.4 Å². The summed E-state index contributed by atoms with van der Waals surface area (Å²) in [5, 5.41) is 17.9. The predicted octanol–water partition coefficient (Wildman–Crippen LogP) is -1.98. The third kappa shape index (κ3) is 3.12. The smallest absolute Gasteiger partial charge is 0.240 e. The van der Waals surface area contributed by atoms with Gasteiger partial charge in [-0.25, -0.2) is 0 Å². The first-order valence-corrected chi connectivity index (χ1v) is 5.10. The maximum absolute atomic E-state index is 10.8. The molecular weight excluding hydrogens is 214 g/mol. The van der Waals surface area contributed by atoms with E-state index in [1.54, 1.807) is 11.9 Å². The third-order valence-electron chi connectivity index (χ3n) is 2.50. The van der Waals surface area contributed by atoms with Crippen molar-refractivity contribution in [2.45, 2.75) is 19.1 Å². The molecule has 16 heavy (non-hydrogen) atoms. The van der Waals surface area contributed by atoms with Gasteiger partial charge < -0.3 is 16.2 Å². The molecule has 0 radical (unpaired) electrons. The summed E-state index contributed by atoms with van der Waals surface area (Å²) in [6, 6.07) is -0.286. The van der Waals surface area contributed by atoms with Gasteiger partial charge in [-0.1, -0.05) is 0 Å². The number of hydrogen-bond donors (Lipinski definition) is 3. The predicted molar refractivity (Wildman–Crippen MR) is 56.7 cm³/mol. The summed E-state index contributed by atoms with van der Waals surface area (Å²) in [6.07, 6.45) is -0.634. The standard InChI is InChI=1S/C8H17N5O3/c1-6(14)7-4-10-2-3-12(7)13(11-16)5-8(9)15/h6-7,10,14H,2-5H2,1H3,(H2,9,15)/t6?,7-/m1/s1. The van der Waals surface area contributed by atoms with Gasteiger partial charge in [0.15, 0.2) is 0 Å². The summed E-state index contributed by atoms with van der Waals surface area (Å²) < 4.78 is 0. The lowest BCUT2D eigenvalue weighted by Gasteiger charge is -2.40. The number of nitrogens with two attached hydrogens (primary N) is 1. The first-order valence-electron chi connectivity index (χ1n) is 5.10. The van der Waals surface area contributed by atoms with Crippen molar-refractivity contribution < 1.29 is 9.90 Å². The third-order valence-corrected chi connectivity index (χ3v) is 2.50. The molecule has 4 N–H and O–H groups in total. The Morgan fingerprint density at radius 3 is 3.00 bits per heavy atom. The number of primary amides is 1. The highest BCUT2D eigenvalue weighted by Crippen LogP contribution is 2.11. The molecule has 8 nitrogen and oxygen atoms in total. The molecule has 2 atom stereocenters. The molecule has 1 aliphatic heterocycles. The minimum Gasteiger partial charge on any atom is -0.392 e. The summed E-state index contributed by atoms with van der Waals surface area (Å²) in [7, 11) is 0. The molecule has 8 heteroatoms. The number of nitroso groups, excluding NO2 is 1. The molecule has 1 fully saturated rings. The second-order valence-electron chi connectivity index (χ2n) is 3.75. The molecule has 1 saturated heterocycles. The van der Waals surface area contributed by atoms with Crippen molar-refractivity contribution in [2.24, 2.45) is 11.0 Å². The molecule has 0 aromatic carbocycles. The maximum atomic E-state index is 10.8. The Labute approximate surface area is 93.3 Å². The van der Waals surface area contributed by atoms with Crippen LogP contribution in [0.2, 0.25) is 0 Å². The van der Waals surface area contributed by atoms with Crippen LogP contribution < -0.4 is 11.1 Å². The summed E-state index contributed by atoms with van der Waals surface area (Å²) >= 11 is 0. The molecular formula is C8H17N5O3. The monoisotopic (exact) mass is 231 g/mol. The first kappa shape index (κ1) is 12.8. The number of hydrazine groups is 1. The number of hydrogen-bond acceptors (Lipinski definition) is 6. The van der Waals surface area contributed by atoms with E-state index in [1.807, 2.05) is 0 Å². The van der Waals surface area contributed by atoms with Crippen molar-refractivity contribution in [2.75, 3.05) is 26.2 Å². The van der Waals surface area contributed by atoms with Gasteiger partial charge in [0.25, 0.3) is 0 Å². The lowest BCUT2D eigenvalue weighted by atomic mass is 10.1. The van der Waals surface area contributed by atoms with Crippen molar-refractivity contribution in [3.8, 4) is 0 Å². The molecule has 1 amide bonds. The fraction of sp³-hybridized carbons (Fsp3) is 0.875. The van der Waals surface area contributed by atoms with Crippen LogP contribution in [-0.4, -0.2) is 59.5 Å². The Morgan fingerprint density at radius 2 is 2.50 bits per heavy atom. The van der Waals surface area contributed by atoms with Gasteiger partial charge in [0.1, 0.15) is 6.54 Å². The van der Waals surface area contributed by atoms with Crippen molar-refractivity contribution in [1.29, 1.82) is 0 Å². The molecule has 1 unspecified atom stereocenters. The zero-order valence-electron chi connectivity index (χ0n) is 9.17. The van der Waals surface area contributed by atoms with Gasteiger partial charge in [-0.15, -0.1) is 4.91 Å². The van der Waals surface area contributed by atoms with Gasteiger partial charge in [0.05, 0.1) is 17.4 Å². The summed E-state index contributed by atoms with van der Waals surface area (Å²) in [5.74, 6) is -0.637. The van der Waals surface area contributed by atoms with Crippen LogP contribution >= 0.6 is 0 Å². The van der Waals surface area contributed by atoms with Gasteiger partial charge in [0.2, 0.25) is 5.91 Å². The van der Waals surface area contributed by atoms with Crippen LogP contribution in [0.15, 0.2) is 5.29 Å². The minimum absolute atomic E-state index is 0.271. The van der Waals surface area contributed by atoms with Crippen LogP contribution in [0.1, 0.15) is 6.92 Å². The molecule has 1 aliphatic rings. The van der Waals surface area contributed by atoms with Crippen LogP contribution in [-0.2, 0) is 4.79 Å². The van der Waals surface area contributed by atoms with Crippen LogP contribution in [0, 0.1) is 4.91 Å². The Hall–Kier alpha value is -1.25. The highest BCUT2D eigenvalue weighted by molar-refractivity contribution is 5.75. The van der Waals surface area contributed by atoms with E-state index in [4.69, 9.17) is 5.73 Å². The first-order chi connectivity index (χ1) is 7.56. The molecule has 0 spiro atoms. The molecule has 1 rings (SSSR count). The van der Waals surface area contributed by atoms with Crippen LogP contribution in [0.25, 0.3) is 0 Å². The Morgan fingerprint density at radius 1 is 1.81 bits per heavy atom. The van der Waals surface area contributed by atoms with Crippen LogP contribution in [0.5, 0.6) is 0 Å². The molecule has 1 heterocycles.